The first kappa shape index (κ1) is 12.7. The summed E-state index contributed by atoms with van der Waals surface area (Å²) < 4.78 is 0.867. The van der Waals surface area contributed by atoms with Gasteiger partial charge in [0.25, 0.3) is 0 Å². The molecule has 94 valence electrons. The lowest BCUT2D eigenvalue weighted by molar-refractivity contribution is 0.339. The van der Waals surface area contributed by atoms with Crippen molar-refractivity contribution in [3.63, 3.8) is 0 Å². The fourth-order valence-electron chi connectivity index (χ4n) is 2.18. The maximum Gasteiger partial charge on any atom is 0.132 e. The van der Waals surface area contributed by atoms with E-state index in [0.717, 1.165) is 17.6 Å². The summed E-state index contributed by atoms with van der Waals surface area (Å²) in [5, 5.41) is 9.32. The molecule has 2 heteroatoms. The molecule has 0 heterocycles. The van der Waals surface area contributed by atoms with E-state index in [1.807, 2.05) is 18.2 Å². The fourth-order valence-corrected chi connectivity index (χ4v) is 2.18. The Bertz CT molecular complexity index is 492. The molecule has 0 amide bonds. The average Bonchev–Trinajstić information content (AvgIpc) is 2.42. The van der Waals surface area contributed by atoms with Crippen LogP contribution in [0.3, 0.4) is 0 Å². The first-order valence-corrected chi connectivity index (χ1v) is 6.32. The molecular formula is C16H20NO+. The highest BCUT2D eigenvalue weighted by Gasteiger charge is 2.22. The predicted octanol–water partition coefficient (Wildman–Crippen LogP) is 3.55. The second-order valence-electron chi connectivity index (χ2n) is 4.87. The van der Waals surface area contributed by atoms with Gasteiger partial charge in [0.1, 0.15) is 18.0 Å². The van der Waals surface area contributed by atoms with Crippen LogP contribution in [-0.4, -0.2) is 18.7 Å². The summed E-state index contributed by atoms with van der Waals surface area (Å²) in [6.07, 6.45) is 0. The molecule has 2 aromatic carbocycles. The maximum absolute atomic E-state index is 9.32. The summed E-state index contributed by atoms with van der Waals surface area (Å²) in [7, 11) is 2.24. The summed E-state index contributed by atoms with van der Waals surface area (Å²) in [4.78, 5) is 0. The molecule has 0 saturated carbocycles. The zero-order chi connectivity index (χ0) is 13.0. The molecule has 18 heavy (non-hydrogen) atoms. The molecule has 1 unspecified atom stereocenters. The lowest BCUT2D eigenvalue weighted by Crippen LogP contribution is -2.43. The molecule has 0 bridgehead atoms. The van der Waals surface area contributed by atoms with E-state index in [2.05, 4.69) is 38.2 Å². The number of quaternary nitrogens is 1. The molecule has 0 aliphatic carbocycles. The zero-order valence-electron chi connectivity index (χ0n) is 11.0. The summed E-state index contributed by atoms with van der Waals surface area (Å²) in [5.41, 5.74) is 2.55. The minimum atomic E-state index is 0.323. The predicted molar refractivity (Wildman–Crippen MR) is 76.5 cm³/mol. The van der Waals surface area contributed by atoms with E-state index >= 15 is 0 Å². The molecule has 0 spiro atoms. The molecule has 0 aliphatic rings. The largest absolute Gasteiger partial charge is 0.508 e. The smallest absolute Gasteiger partial charge is 0.132 e. The van der Waals surface area contributed by atoms with Crippen molar-refractivity contribution in [1.29, 1.82) is 0 Å². The molecule has 1 atom stereocenters. The Kier molecular flexibility index (Phi) is 3.68. The van der Waals surface area contributed by atoms with E-state index in [1.165, 1.54) is 11.3 Å². The van der Waals surface area contributed by atoms with Gasteiger partial charge in [-0.05, 0) is 43.3 Å². The average molecular weight is 242 g/mol. The van der Waals surface area contributed by atoms with Crippen LogP contribution in [-0.2, 0) is 6.54 Å². The number of phenols is 1. The molecule has 2 aromatic rings. The van der Waals surface area contributed by atoms with Crippen molar-refractivity contribution in [3.8, 4) is 5.75 Å². The summed E-state index contributed by atoms with van der Waals surface area (Å²) in [5.74, 6) is 0.323. The van der Waals surface area contributed by atoms with Crippen molar-refractivity contribution < 1.29 is 5.11 Å². The van der Waals surface area contributed by atoms with E-state index in [4.69, 9.17) is 0 Å². The van der Waals surface area contributed by atoms with Crippen molar-refractivity contribution in [1.82, 2.24) is 4.48 Å². The Hall–Kier alpha value is -1.80. The summed E-state index contributed by atoms with van der Waals surface area (Å²) >= 11 is 0. The van der Waals surface area contributed by atoms with Gasteiger partial charge in [0.05, 0.1) is 13.6 Å². The minimum absolute atomic E-state index is 0.323. The van der Waals surface area contributed by atoms with Gasteiger partial charge < -0.3 is 5.11 Å². The van der Waals surface area contributed by atoms with Crippen LogP contribution in [0.5, 0.6) is 5.75 Å². The topological polar surface area (TPSA) is 20.2 Å². The number of aromatic hydroxyl groups is 1. The zero-order valence-corrected chi connectivity index (χ0v) is 11.0. The van der Waals surface area contributed by atoms with Gasteiger partial charge in [-0.25, -0.2) is 0 Å². The Morgan fingerprint density at radius 3 is 2.11 bits per heavy atom. The third kappa shape index (κ3) is 2.71. The standard InChI is InChI=1S/C16H19NO/c1-3-17(2,15-7-5-4-6-8-15)13-14-9-11-16(18)12-10-14/h4-12H,3,13H2,1-2H3/p+1. The molecule has 0 fully saturated rings. The number of hydrogen-bond donors (Lipinski definition) is 1. The number of phenolic OH excluding ortho intramolecular Hbond substituents is 1. The highest BCUT2D eigenvalue weighted by molar-refractivity contribution is 5.42. The normalized spacial score (nSPS) is 14.1. The lowest BCUT2D eigenvalue weighted by atomic mass is 10.1. The van der Waals surface area contributed by atoms with E-state index in [0.29, 0.717) is 5.75 Å². The van der Waals surface area contributed by atoms with Crippen LogP contribution in [0.1, 0.15) is 12.5 Å². The number of benzene rings is 2. The third-order valence-corrected chi connectivity index (χ3v) is 3.55. The van der Waals surface area contributed by atoms with Crippen molar-refractivity contribution >= 4 is 5.69 Å². The van der Waals surface area contributed by atoms with Gasteiger partial charge in [-0.1, -0.05) is 18.2 Å². The molecule has 0 aromatic heterocycles. The van der Waals surface area contributed by atoms with Crippen molar-refractivity contribution in [3.05, 3.63) is 60.2 Å². The van der Waals surface area contributed by atoms with Crippen molar-refractivity contribution in [2.75, 3.05) is 13.6 Å². The first-order chi connectivity index (χ1) is 8.64. The van der Waals surface area contributed by atoms with Gasteiger partial charge in [-0.2, -0.15) is 0 Å². The summed E-state index contributed by atoms with van der Waals surface area (Å²) in [6, 6.07) is 18.0. The van der Waals surface area contributed by atoms with Gasteiger partial charge >= 0.3 is 0 Å². The number of para-hydroxylation sites is 1. The van der Waals surface area contributed by atoms with Crippen LogP contribution in [0.2, 0.25) is 0 Å². The molecule has 1 N–H and O–H groups in total. The van der Waals surface area contributed by atoms with Crippen LogP contribution >= 0.6 is 0 Å². The van der Waals surface area contributed by atoms with Gasteiger partial charge in [0, 0.05) is 5.56 Å². The van der Waals surface area contributed by atoms with Crippen LogP contribution in [0.15, 0.2) is 54.6 Å². The maximum atomic E-state index is 9.32. The monoisotopic (exact) mass is 242 g/mol. The number of hydrogen-bond acceptors (Lipinski definition) is 1. The fraction of sp³-hybridized carbons (Fsp3) is 0.250. The second-order valence-corrected chi connectivity index (χ2v) is 4.87. The minimum Gasteiger partial charge on any atom is -0.508 e. The lowest BCUT2D eigenvalue weighted by Gasteiger charge is -2.33. The van der Waals surface area contributed by atoms with Crippen molar-refractivity contribution in [2.45, 2.75) is 13.5 Å². The number of rotatable bonds is 4. The highest BCUT2D eigenvalue weighted by Crippen LogP contribution is 2.24. The SMILES string of the molecule is CC[N+](C)(Cc1ccc(O)cc1)c1ccccc1. The van der Waals surface area contributed by atoms with Gasteiger partial charge in [0.15, 0.2) is 0 Å². The Morgan fingerprint density at radius 1 is 0.944 bits per heavy atom. The summed E-state index contributed by atoms with van der Waals surface area (Å²) in [6.45, 7) is 4.17. The second kappa shape index (κ2) is 5.23. The Labute approximate surface area is 109 Å². The van der Waals surface area contributed by atoms with Gasteiger partial charge in [-0.3, -0.25) is 4.48 Å². The Balaban J connectivity index is 2.26. The van der Waals surface area contributed by atoms with Crippen LogP contribution in [0.25, 0.3) is 0 Å². The van der Waals surface area contributed by atoms with E-state index < -0.39 is 0 Å². The van der Waals surface area contributed by atoms with Crippen molar-refractivity contribution in [2.24, 2.45) is 0 Å². The van der Waals surface area contributed by atoms with Gasteiger partial charge in [-0.15, -0.1) is 0 Å². The van der Waals surface area contributed by atoms with E-state index in [1.54, 1.807) is 12.1 Å². The van der Waals surface area contributed by atoms with Crippen LogP contribution in [0.4, 0.5) is 5.69 Å². The molecule has 0 saturated heterocycles. The molecule has 2 rings (SSSR count). The molecule has 0 aliphatic heterocycles. The Morgan fingerprint density at radius 2 is 1.56 bits per heavy atom. The number of nitrogens with zero attached hydrogens (tertiary/aromatic N) is 1. The first-order valence-electron chi connectivity index (χ1n) is 6.32. The quantitative estimate of drug-likeness (QED) is 0.813. The van der Waals surface area contributed by atoms with Gasteiger partial charge in [0.2, 0.25) is 0 Å². The van der Waals surface area contributed by atoms with Crippen LogP contribution in [0, 0.1) is 0 Å². The highest BCUT2D eigenvalue weighted by atomic mass is 16.3. The third-order valence-electron chi connectivity index (χ3n) is 3.55. The molecular weight excluding hydrogens is 222 g/mol. The van der Waals surface area contributed by atoms with Crippen LogP contribution < -0.4 is 4.48 Å². The molecule has 2 nitrogen and oxygen atoms in total. The van der Waals surface area contributed by atoms with E-state index in [9.17, 15) is 5.11 Å². The van der Waals surface area contributed by atoms with E-state index in [-0.39, 0.29) is 0 Å². The molecule has 0 radical (unpaired) electrons.